The van der Waals surface area contributed by atoms with Crippen molar-refractivity contribution in [1.29, 1.82) is 0 Å². The van der Waals surface area contributed by atoms with Crippen molar-refractivity contribution in [3.05, 3.63) is 40.9 Å². The van der Waals surface area contributed by atoms with Crippen LogP contribution in [-0.2, 0) is 16.0 Å². The van der Waals surface area contributed by atoms with Crippen molar-refractivity contribution >= 4 is 28.7 Å². The van der Waals surface area contributed by atoms with E-state index in [1.54, 1.807) is 18.4 Å². The Bertz CT molecular complexity index is 747. The number of ether oxygens (including phenoxy) is 2. The Kier molecular flexibility index (Phi) is 6.34. The van der Waals surface area contributed by atoms with E-state index >= 15 is 0 Å². The minimum Gasteiger partial charge on any atom is -0.466 e. The number of nitrogens with one attached hydrogen (secondary N) is 1. The van der Waals surface area contributed by atoms with Crippen LogP contribution in [0.25, 0.3) is 0 Å². The van der Waals surface area contributed by atoms with Crippen molar-refractivity contribution in [2.75, 3.05) is 12.0 Å². The molecule has 0 unspecified atom stereocenters. The van der Waals surface area contributed by atoms with Crippen LogP contribution >= 0.6 is 11.3 Å². The van der Waals surface area contributed by atoms with E-state index in [0.717, 1.165) is 0 Å². The normalized spacial score (nSPS) is 11.5. The summed E-state index contributed by atoms with van der Waals surface area (Å²) in [7, 11) is 0. The molecule has 2 aromatic rings. The summed E-state index contributed by atoms with van der Waals surface area (Å²) in [6.45, 7) is 2.02. The van der Waals surface area contributed by atoms with Crippen LogP contribution < -0.4 is 10.2 Å². The maximum absolute atomic E-state index is 12.2. The predicted octanol–water partition coefficient (Wildman–Crippen LogP) is 3.59. The number of halogens is 3. The molecule has 0 aliphatic heterocycles. The van der Waals surface area contributed by atoms with Gasteiger partial charge in [-0.1, -0.05) is 12.1 Å². The van der Waals surface area contributed by atoms with Gasteiger partial charge in [0.05, 0.1) is 24.9 Å². The zero-order valence-corrected chi connectivity index (χ0v) is 13.9. The Balaban J connectivity index is 1.92. The number of thiazole rings is 1. The molecule has 0 aliphatic carbocycles. The minimum atomic E-state index is -4.75. The molecule has 0 aliphatic rings. The van der Waals surface area contributed by atoms with E-state index in [2.05, 4.69) is 20.2 Å². The fourth-order valence-corrected chi connectivity index (χ4v) is 2.41. The highest BCUT2D eigenvalue weighted by molar-refractivity contribution is 7.13. The SMILES string of the molecule is CCOC(=O)Cc1csc(NN=Cc2cccc(OC(F)(F)F)c2)n1. The number of hydrogen-bond acceptors (Lipinski definition) is 7. The van der Waals surface area contributed by atoms with Crippen molar-refractivity contribution in [3.8, 4) is 5.75 Å². The quantitative estimate of drug-likeness (QED) is 0.456. The van der Waals surface area contributed by atoms with Crippen LogP contribution in [0.2, 0.25) is 0 Å². The van der Waals surface area contributed by atoms with Gasteiger partial charge in [-0.3, -0.25) is 10.2 Å². The standard InChI is InChI=1S/C15H14F3N3O3S/c1-2-23-13(22)7-11-9-25-14(20-11)21-19-8-10-4-3-5-12(6-10)24-15(16,17)18/h3-6,8-9H,2,7H2,1H3,(H,20,21). The fourth-order valence-electron chi connectivity index (χ4n) is 1.75. The summed E-state index contributed by atoms with van der Waals surface area (Å²) in [4.78, 5) is 15.5. The summed E-state index contributed by atoms with van der Waals surface area (Å²) in [5.74, 6) is -0.702. The second kappa shape index (κ2) is 8.47. The molecule has 25 heavy (non-hydrogen) atoms. The maximum Gasteiger partial charge on any atom is 0.573 e. The van der Waals surface area contributed by atoms with Crippen LogP contribution in [0.1, 0.15) is 18.2 Å². The number of carbonyl (C=O) groups is 1. The van der Waals surface area contributed by atoms with Crippen LogP contribution in [-0.4, -0.2) is 30.1 Å². The van der Waals surface area contributed by atoms with Gasteiger partial charge in [-0.05, 0) is 24.6 Å². The number of hydrazone groups is 1. The van der Waals surface area contributed by atoms with Crippen LogP contribution in [0, 0.1) is 0 Å². The lowest BCUT2D eigenvalue weighted by Gasteiger charge is -2.08. The zero-order chi connectivity index (χ0) is 18.3. The highest BCUT2D eigenvalue weighted by atomic mass is 32.1. The van der Waals surface area contributed by atoms with Crippen molar-refractivity contribution in [3.63, 3.8) is 0 Å². The van der Waals surface area contributed by atoms with E-state index in [1.165, 1.54) is 35.8 Å². The number of alkyl halides is 3. The van der Waals surface area contributed by atoms with Crippen LogP contribution in [0.5, 0.6) is 5.75 Å². The largest absolute Gasteiger partial charge is 0.573 e. The number of esters is 1. The van der Waals surface area contributed by atoms with Crippen molar-refractivity contribution < 1.29 is 27.4 Å². The molecule has 134 valence electrons. The summed E-state index contributed by atoms with van der Waals surface area (Å²) >= 11 is 1.24. The van der Waals surface area contributed by atoms with Crippen LogP contribution in [0.3, 0.4) is 0 Å². The lowest BCUT2D eigenvalue weighted by atomic mass is 10.2. The molecule has 6 nitrogen and oxygen atoms in total. The smallest absolute Gasteiger partial charge is 0.466 e. The van der Waals surface area contributed by atoms with Crippen LogP contribution in [0.4, 0.5) is 18.3 Å². The Morgan fingerprint density at radius 3 is 2.96 bits per heavy atom. The lowest BCUT2D eigenvalue weighted by molar-refractivity contribution is -0.274. The molecule has 0 saturated carbocycles. The molecule has 1 aromatic carbocycles. The average molecular weight is 373 g/mol. The topological polar surface area (TPSA) is 72.8 Å². The third-order valence-electron chi connectivity index (χ3n) is 2.65. The summed E-state index contributed by atoms with van der Waals surface area (Å²) in [5, 5.41) is 6.03. The van der Waals surface area contributed by atoms with Crippen molar-refractivity contribution in [2.24, 2.45) is 5.10 Å². The summed E-state index contributed by atoms with van der Waals surface area (Å²) in [5.41, 5.74) is 3.61. The predicted molar refractivity (Wildman–Crippen MR) is 86.8 cm³/mol. The Labute approximate surface area is 145 Å². The van der Waals surface area contributed by atoms with Gasteiger partial charge < -0.3 is 9.47 Å². The third kappa shape index (κ3) is 6.79. The van der Waals surface area contributed by atoms with E-state index in [-0.39, 0.29) is 18.1 Å². The summed E-state index contributed by atoms with van der Waals surface area (Å²) < 4.78 is 45.2. The second-order valence-corrected chi connectivity index (χ2v) is 5.47. The number of benzene rings is 1. The van der Waals surface area contributed by atoms with E-state index < -0.39 is 6.36 Å². The number of nitrogens with zero attached hydrogens (tertiary/aromatic N) is 2. The van der Waals surface area contributed by atoms with Gasteiger partial charge in [-0.2, -0.15) is 5.10 Å². The molecule has 0 radical (unpaired) electrons. The fraction of sp³-hybridized carbons (Fsp3) is 0.267. The molecule has 0 atom stereocenters. The Morgan fingerprint density at radius 1 is 1.44 bits per heavy atom. The first-order valence-corrected chi connectivity index (χ1v) is 7.98. The first-order chi connectivity index (χ1) is 11.9. The van der Waals surface area contributed by atoms with E-state index in [1.807, 2.05) is 0 Å². The Hall–Kier alpha value is -2.62. The number of rotatable bonds is 7. The number of anilines is 1. The van der Waals surface area contributed by atoms with Gasteiger partial charge in [-0.25, -0.2) is 4.98 Å². The first kappa shape index (κ1) is 18.7. The summed E-state index contributed by atoms with van der Waals surface area (Å²) in [6.07, 6.45) is -3.35. The van der Waals surface area contributed by atoms with Crippen molar-refractivity contribution in [2.45, 2.75) is 19.7 Å². The molecule has 1 aromatic heterocycles. The molecule has 10 heteroatoms. The molecule has 0 fully saturated rings. The van der Waals surface area contributed by atoms with Gasteiger partial charge >= 0.3 is 12.3 Å². The zero-order valence-electron chi connectivity index (χ0n) is 13.0. The molecule has 1 heterocycles. The van der Waals surface area contributed by atoms with Gasteiger partial charge in [-0.15, -0.1) is 24.5 Å². The highest BCUT2D eigenvalue weighted by Crippen LogP contribution is 2.23. The third-order valence-corrected chi connectivity index (χ3v) is 3.44. The van der Waals surface area contributed by atoms with Crippen LogP contribution in [0.15, 0.2) is 34.7 Å². The molecule has 0 bridgehead atoms. The molecule has 0 amide bonds. The number of hydrogen-bond donors (Lipinski definition) is 1. The first-order valence-electron chi connectivity index (χ1n) is 7.10. The molecule has 0 spiro atoms. The van der Waals surface area contributed by atoms with Gasteiger partial charge in [0.1, 0.15) is 5.75 Å². The average Bonchev–Trinajstić information content (AvgIpc) is 2.93. The summed E-state index contributed by atoms with van der Waals surface area (Å²) in [6, 6.07) is 5.39. The number of carbonyl (C=O) groups excluding carboxylic acids is 1. The monoisotopic (exact) mass is 373 g/mol. The van der Waals surface area contributed by atoms with E-state index in [0.29, 0.717) is 23.0 Å². The second-order valence-electron chi connectivity index (χ2n) is 4.62. The van der Waals surface area contributed by atoms with E-state index in [4.69, 9.17) is 4.74 Å². The molecular formula is C15H14F3N3O3S. The van der Waals surface area contributed by atoms with Gasteiger partial charge in [0.25, 0.3) is 0 Å². The number of aromatic nitrogens is 1. The Morgan fingerprint density at radius 2 is 2.24 bits per heavy atom. The molecule has 0 saturated heterocycles. The maximum atomic E-state index is 12.2. The van der Waals surface area contributed by atoms with E-state index in [9.17, 15) is 18.0 Å². The molecule has 1 N–H and O–H groups in total. The van der Waals surface area contributed by atoms with Crippen molar-refractivity contribution in [1.82, 2.24) is 4.98 Å². The van der Waals surface area contributed by atoms with Gasteiger partial charge in [0.2, 0.25) is 5.13 Å². The molecular weight excluding hydrogens is 359 g/mol. The molecule has 2 rings (SSSR count). The van der Waals surface area contributed by atoms with Gasteiger partial charge in [0, 0.05) is 5.38 Å². The minimum absolute atomic E-state index is 0.0621. The lowest BCUT2D eigenvalue weighted by Crippen LogP contribution is -2.17. The van der Waals surface area contributed by atoms with Gasteiger partial charge in [0.15, 0.2) is 0 Å². The highest BCUT2D eigenvalue weighted by Gasteiger charge is 2.31.